The predicted octanol–water partition coefficient (Wildman–Crippen LogP) is 1.66. The van der Waals surface area contributed by atoms with Crippen LogP contribution in [-0.4, -0.2) is 14.9 Å². The summed E-state index contributed by atoms with van der Waals surface area (Å²) in [5, 5.41) is 21.2. The van der Waals surface area contributed by atoms with E-state index in [1.165, 1.54) is 0 Å². The lowest BCUT2D eigenvalue weighted by molar-refractivity contribution is -0.389. The fraction of sp³-hybridized carbons (Fsp3) is 0.375. The molecule has 1 aromatic rings. The van der Waals surface area contributed by atoms with Crippen molar-refractivity contribution in [3.63, 3.8) is 0 Å². The lowest BCUT2D eigenvalue weighted by Gasteiger charge is -2.07. The van der Waals surface area contributed by atoms with Gasteiger partial charge in [0.1, 0.15) is 11.1 Å². The summed E-state index contributed by atoms with van der Waals surface area (Å²) in [6.07, 6.45) is 0. The summed E-state index contributed by atoms with van der Waals surface area (Å²) in [6, 6.07) is 0. The first-order chi connectivity index (χ1) is 7.47. The van der Waals surface area contributed by atoms with Crippen LogP contribution in [0.15, 0.2) is 5.03 Å². The quantitative estimate of drug-likeness (QED) is 0.280. The number of thiocyanates is 1. The Morgan fingerprint density at radius 3 is 2.62 bits per heavy atom. The molecule has 0 aliphatic rings. The highest BCUT2D eigenvalue weighted by atomic mass is 32.2. The van der Waals surface area contributed by atoms with Gasteiger partial charge in [-0.1, -0.05) is 13.8 Å². The molecule has 16 heavy (non-hydrogen) atoms. The van der Waals surface area contributed by atoms with Gasteiger partial charge in [0.25, 0.3) is 0 Å². The highest BCUT2D eigenvalue weighted by Crippen LogP contribution is 2.33. The number of rotatable bonds is 3. The molecular formula is C8H9N5O2S. The molecule has 2 N–H and O–H groups in total. The molecule has 0 amide bonds. The molecule has 0 unspecified atom stereocenters. The number of aromatic nitrogens is 2. The second-order valence-corrected chi connectivity index (χ2v) is 4.00. The van der Waals surface area contributed by atoms with Gasteiger partial charge in [-0.3, -0.25) is 10.1 Å². The molecule has 1 heterocycles. The number of anilines is 1. The molecule has 0 aromatic carbocycles. The number of nitrogens with two attached hydrogens (primary N) is 1. The Bertz CT molecular complexity index is 468. The lowest BCUT2D eigenvalue weighted by atomic mass is 10.1. The Balaban J connectivity index is 3.48. The van der Waals surface area contributed by atoms with Gasteiger partial charge in [-0.05, 0) is 0 Å². The van der Waals surface area contributed by atoms with Crippen LogP contribution >= 0.6 is 11.8 Å². The standard InChI is InChI=1S/C8H9N5O2S/c1-4(2)5-6(13(14)15)7(16-3-9)12-8(10)11-5/h4H,1-2H3,(H2,10,11,12). The van der Waals surface area contributed by atoms with Crippen LogP contribution in [0.2, 0.25) is 0 Å². The van der Waals surface area contributed by atoms with E-state index in [0.29, 0.717) is 11.8 Å². The Morgan fingerprint density at radius 2 is 2.19 bits per heavy atom. The Kier molecular flexibility index (Phi) is 3.63. The van der Waals surface area contributed by atoms with Gasteiger partial charge in [-0.15, -0.1) is 0 Å². The third-order valence-electron chi connectivity index (χ3n) is 1.77. The zero-order chi connectivity index (χ0) is 12.3. The molecule has 0 spiro atoms. The molecule has 8 heteroatoms. The maximum Gasteiger partial charge on any atom is 0.324 e. The van der Waals surface area contributed by atoms with Gasteiger partial charge in [0.15, 0.2) is 5.03 Å². The minimum atomic E-state index is -0.589. The molecular weight excluding hydrogens is 230 g/mol. The second kappa shape index (κ2) is 4.76. The molecule has 0 fully saturated rings. The van der Waals surface area contributed by atoms with E-state index in [0.717, 1.165) is 0 Å². The lowest BCUT2D eigenvalue weighted by Crippen LogP contribution is -2.07. The summed E-state index contributed by atoms with van der Waals surface area (Å²) in [4.78, 5) is 17.8. The Hall–Kier alpha value is -1.88. The molecule has 0 atom stereocenters. The normalized spacial score (nSPS) is 10.1. The smallest absolute Gasteiger partial charge is 0.324 e. The van der Waals surface area contributed by atoms with E-state index in [9.17, 15) is 10.1 Å². The van der Waals surface area contributed by atoms with Crippen LogP contribution in [0.5, 0.6) is 0 Å². The topological polar surface area (TPSA) is 119 Å². The SMILES string of the molecule is CC(C)c1nc(N)nc(SC#N)c1[N+](=O)[O-]. The van der Waals surface area contributed by atoms with Gasteiger partial charge >= 0.3 is 5.69 Å². The summed E-state index contributed by atoms with van der Waals surface area (Å²) in [5.74, 6) is -0.226. The van der Waals surface area contributed by atoms with E-state index in [2.05, 4.69) is 9.97 Å². The molecule has 0 saturated carbocycles. The number of nitrogens with zero attached hydrogens (tertiary/aromatic N) is 4. The third kappa shape index (κ3) is 2.38. The fourth-order valence-corrected chi connectivity index (χ4v) is 1.66. The number of nitro groups is 1. The average Bonchev–Trinajstić information content (AvgIpc) is 2.16. The molecule has 7 nitrogen and oxygen atoms in total. The van der Waals surface area contributed by atoms with E-state index in [1.54, 1.807) is 19.2 Å². The van der Waals surface area contributed by atoms with E-state index >= 15 is 0 Å². The number of hydrogen-bond donors (Lipinski definition) is 1. The van der Waals surface area contributed by atoms with Gasteiger partial charge in [-0.25, -0.2) is 4.98 Å². The fourth-order valence-electron chi connectivity index (χ4n) is 1.16. The van der Waals surface area contributed by atoms with Crippen molar-refractivity contribution in [2.45, 2.75) is 24.8 Å². The van der Waals surface area contributed by atoms with Crippen LogP contribution < -0.4 is 5.73 Å². The Labute approximate surface area is 95.8 Å². The number of nitrogen functional groups attached to an aromatic ring is 1. The second-order valence-electron chi connectivity index (χ2n) is 3.23. The maximum atomic E-state index is 10.9. The first-order valence-electron chi connectivity index (χ1n) is 4.35. The van der Waals surface area contributed by atoms with Crippen molar-refractivity contribution in [1.29, 1.82) is 5.26 Å². The van der Waals surface area contributed by atoms with Gasteiger partial charge < -0.3 is 5.73 Å². The van der Waals surface area contributed by atoms with Crippen molar-refractivity contribution in [2.24, 2.45) is 0 Å². The van der Waals surface area contributed by atoms with Crippen LogP contribution in [0, 0.1) is 20.8 Å². The zero-order valence-corrected chi connectivity index (χ0v) is 9.48. The Morgan fingerprint density at radius 1 is 1.56 bits per heavy atom. The summed E-state index contributed by atoms with van der Waals surface area (Å²) in [5.41, 5.74) is 5.43. The van der Waals surface area contributed by atoms with Crippen molar-refractivity contribution in [3.8, 4) is 5.40 Å². The van der Waals surface area contributed by atoms with Crippen molar-refractivity contribution < 1.29 is 4.92 Å². The van der Waals surface area contributed by atoms with Crippen molar-refractivity contribution in [1.82, 2.24) is 9.97 Å². The first kappa shape index (κ1) is 12.2. The van der Waals surface area contributed by atoms with Crippen molar-refractivity contribution >= 4 is 23.4 Å². The molecule has 84 valence electrons. The minimum Gasteiger partial charge on any atom is -0.368 e. The average molecular weight is 239 g/mol. The highest BCUT2D eigenvalue weighted by Gasteiger charge is 2.26. The van der Waals surface area contributed by atoms with Gasteiger partial charge in [0.05, 0.1) is 4.92 Å². The molecule has 1 rings (SSSR count). The zero-order valence-electron chi connectivity index (χ0n) is 8.67. The van der Waals surface area contributed by atoms with Gasteiger partial charge in [-0.2, -0.15) is 10.2 Å². The van der Waals surface area contributed by atoms with Crippen LogP contribution in [0.4, 0.5) is 11.6 Å². The number of hydrogen-bond acceptors (Lipinski definition) is 7. The number of thioether (sulfide) groups is 1. The van der Waals surface area contributed by atoms with Crippen molar-refractivity contribution in [3.05, 3.63) is 15.8 Å². The molecule has 1 aromatic heterocycles. The largest absolute Gasteiger partial charge is 0.368 e. The molecule has 0 aliphatic carbocycles. The highest BCUT2D eigenvalue weighted by molar-refractivity contribution is 8.03. The van der Waals surface area contributed by atoms with E-state index in [-0.39, 0.29) is 28.3 Å². The summed E-state index contributed by atoms with van der Waals surface area (Å²) < 4.78 is 0. The third-order valence-corrected chi connectivity index (χ3v) is 2.34. The van der Waals surface area contributed by atoms with Crippen LogP contribution in [0.1, 0.15) is 25.5 Å². The molecule has 0 bridgehead atoms. The van der Waals surface area contributed by atoms with Crippen LogP contribution in [0.25, 0.3) is 0 Å². The van der Waals surface area contributed by atoms with Crippen LogP contribution in [-0.2, 0) is 0 Å². The minimum absolute atomic E-state index is 0.0105. The molecule has 0 aliphatic heterocycles. The molecule has 0 saturated heterocycles. The first-order valence-corrected chi connectivity index (χ1v) is 5.16. The van der Waals surface area contributed by atoms with Gasteiger partial charge in [0, 0.05) is 17.7 Å². The van der Waals surface area contributed by atoms with Crippen molar-refractivity contribution in [2.75, 3.05) is 5.73 Å². The van der Waals surface area contributed by atoms with Gasteiger partial charge in [0.2, 0.25) is 5.95 Å². The maximum absolute atomic E-state index is 10.9. The van der Waals surface area contributed by atoms with Crippen LogP contribution in [0.3, 0.4) is 0 Å². The summed E-state index contributed by atoms with van der Waals surface area (Å²) >= 11 is 0.609. The predicted molar refractivity (Wildman–Crippen MR) is 58.7 cm³/mol. The summed E-state index contributed by atoms with van der Waals surface area (Å²) in [6.45, 7) is 3.52. The monoisotopic (exact) mass is 239 g/mol. The van der Waals surface area contributed by atoms with E-state index < -0.39 is 4.92 Å². The summed E-state index contributed by atoms with van der Waals surface area (Å²) in [7, 11) is 0. The number of nitriles is 1. The van der Waals surface area contributed by atoms with E-state index in [1.807, 2.05) is 0 Å². The van der Waals surface area contributed by atoms with E-state index in [4.69, 9.17) is 11.0 Å². The molecule has 0 radical (unpaired) electrons.